The zero-order valence-corrected chi connectivity index (χ0v) is 17.8. The second kappa shape index (κ2) is 9.87. The van der Waals surface area contributed by atoms with E-state index in [0.717, 1.165) is 11.8 Å². The number of hydrogen-bond acceptors (Lipinski definition) is 7. The Kier molecular flexibility index (Phi) is 7.24. The van der Waals surface area contributed by atoms with Crippen molar-refractivity contribution in [1.82, 2.24) is 10.2 Å². The van der Waals surface area contributed by atoms with Gasteiger partial charge in [-0.3, -0.25) is 4.79 Å². The smallest absolute Gasteiger partial charge is 0.277 e. The van der Waals surface area contributed by atoms with Crippen molar-refractivity contribution in [2.24, 2.45) is 0 Å². The van der Waals surface area contributed by atoms with Crippen molar-refractivity contribution in [3.63, 3.8) is 0 Å². The third-order valence-corrected chi connectivity index (χ3v) is 5.18. The van der Waals surface area contributed by atoms with Gasteiger partial charge in [-0.2, -0.15) is 0 Å². The fraction of sp³-hybridized carbons (Fsp3) is 0.211. The lowest BCUT2D eigenvalue weighted by Gasteiger charge is -2.13. The second-order valence-corrected chi connectivity index (χ2v) is 7.91. The lowest BCUT2D eigenvalue weighted by molar-refractivity contribution is -0.115. The van der Waals surface area contributed by atoms with Gasteiger partial charge >= 0.3 is 0 Å². The van der Waals surface area contributed by atoms with Gasteiger partial charge in [0, 0.05) is 5.02 Å². The van der Waals surface area contributed by atoms with Crippen LogP contribution < -0.4 is 14.8 Å². The molecule has 152 valence electrons. The standard InChI is InChI=1S/C19H17Cl2N3O4S/c1-11(18(25)22-14-9-12(20)7-8-16(14)26-2)29-19-24-23-17(28-19)10-27-15-6-4-3-5-13(15)21/h3-9,11H,10H2,1-2H3,(H,22,25)/t11-/m0/s1. The highest BCUT2D eigenvalue weighted by Crippen LogP contribution is 2.30. The summed E-state index contributed by atoms with van der Waals surface area (Å²) in [5, 5.41) is 11.4. The highest BCUT2D eigenvalue weighted by molar-refractivity contribution is 8.00. The highest BCUT2D eigenvalue weighted by Gasteiger charge is 2.20. The average Bonchev–Trinajstić information content (AvgIpc) is 3.15. The van der Waals surface area contributed by atoms with Crippen molar-refractivity contribution in [3.8, 4) is 11.5 Å². The molecule has 3 rings (SSSR count). The molecule has 0 aliphatic carbocycles. The Morgan fingerprint density at radius 3 is 2.76 bits per heavy atom. The van der Waals surface area contributed by atoms with Crippen LogP contribution in [0, 0.1) is 0 Å². The summed E-state index contributed by atoms with van der Waals surface area (Å²) >= 11 is 13.2. The number of para-hydroxylation sites is 1. The molecule has 10 heteroatoms. The molecule has 7 nitrogen and oxygen atoms in total. The molecule has 0 saturated carbocycles. The number of ether oxygens (including phenoxy) is 2. The van der Waals surface area contributed by atoms with E-state index in [9.17, 15) is 4.79 Å². The SMILES string of the molecule is COc1ccc(Cl)cc1NC(=O)[C@H](C)Sc1nnc(COc2ccccc2Cl)o1. The molecule has 1 heterocycles. The molecule has 2 aromatic carbocycles. The number of methoxy groups -OCH3 is 1. The molecule has 0 aliphatic heterocycles. The van der Waals surface area contributed by atoms with Crippen LogP contribution in [0.5, 0.6) is 11.5 Å². The third-order valence-electron chi connectivity index (χ3n) is 3.70. The maximum absolute atomic E-state index is 12.5. The van der Waals surface area contributed by atoms with Crippen molar-refractivity contribution in [2.75, 3.05) is 12.4 Å². The number of anilines is 1. The summed E-state index contributed by atoms with van der Waals surface area (Å²) in [5.74, 6) is 1.04. The molecule has 0 unspecified atom stereocenters. The van der Waals surface area contributed by atoms with Gasteiger partial charge in [0.2, 0.25) is 5.91 Å². The summed E-state index contributed by atoms with van der Waals surface area (Å²) in [5.41, 5.74) is 0.483. The van der Waals surface area contributed by atoms with Gasteiger partial charge in [-0.25, -0.2) is 0 Å². The van der Waals surface area contributed by atoms with Crippen LogP contribution in [0.3, 0.4) is 0 Å². The number of nitrogens with one attached hydrogen (secondary N) is 1. The first-order chi connectivity index (χ1) is 14.0. The molecule has 1 N–H and O–H groups in total. The summed E-state index contributed by atoms with van der Waals surface area (Å²) < 4.78 is 16.3. The quantitative estimate of drug-likeness (QED) is 0.475. The Labute approximate surface area is 181 Å². The molecule has 0 aliphatic rings. The molecular weight excluding hydrogens is 437 g/mol. The van der Waals surface area contributed by atoms with E-state index in [1.165, 1.54) is 7.11 Å². The van der Waals surface area contributed by atoms with Crippen LogP contribution >= 0.6 is 35.0 Å². The van der Waals surface area contributed by atoms with Crippen LogP contribution in [0.1, 0.15) is 12.8 Å². The number of halogens is 2. The maximum Gasteiger partial charge on any atom is 0.277 e. The fourth-order valence-electron chi connectivity index (χ4n) is 2.26. The van der Waals surface area contributed by atoms with Gasteiger partial charge in [0.15, 0.2) is 6.61 Å². The summed E-state index contributed by atoms with van der Waals surface area (Å²) in [7, 11) is 1.52. The van der Waals surface area contributed by atoms with Gasteiger partial charge in [-0.1, -0.05) is 47.1 Å². The molecule has 1 amide bonds. The zero-order chi connectivity index (χ0) is 20.8. The molecule has 0 radical (unpaired) electrons. The Morgan fingerprint density at radius 1 is 1.21 bits per heavy atom. The Morgan fingerprint density at radius 2 is 2.00 bits per heavy atom. The summed E-state index contributed by atoms with van der Waals surface area (Å²) in [6.07, 6.45) is 0. The number of nitrogens with zero attached hydrogens (tertiary/aromatic N) is 2. The number of amides is 1. The number of aromatic nitrogens is 2. The van der Waals surface area contributed by atoms with Gasteiger partial charge in [0.05, 0.1) is 23.1 Å². The molecule has 0 fully saturated rings. The number of benzene rings is 2. The summed E-state index contributed by atoms with van der Waals surface area (Å²) in [4.78, 5) is 12.5. The monoisotopic (exact) mass is 453 g/mol. The van der Waals surface area contributed by atoms with E-state index in [1.807, 2.05) is 12.1 Å². The molecule has 3 aromatic rings. The van der Waals surface area contributed by atoms with Crippen molar-refractivity contribution < 1.29 is 18.7 Å². The Balaban J connectivity index is 1.57. The first-order valence-corrected chi connectivity index (χ1v) is 10.1. The predicted octanol–water partition coefficient (Wildman–Crippen LogP) is 5.08. The van der Waals surface area contributed by atoms with Crippen molar-refractivity contribution in [2.45, 2.75) is 24.0 Å². The molecule has 1 atom stereocenters. The summed E-state index contributed by atoms with van der Waals surface area (Å²) in [6, 6.07) is 12.1. The minimum atomic E-state index is -0.503. The van der Waals surface area contributed by atoms with Crippen LogP contribution in [0.2, 0.25) is 10.0 Å². The van der Waals surface area contributed by atoms with E-state index >= 15 is 0 Å². The van der Waals surface area contributed by atoms with Crippen LogP contribution in [0.25, 0.3) is 0 Å². The number of rotatable bonds is 8. The molecular formula is C19H17Cl2N3O4S. The zero-order valence-electron chi connectivity index (χ0n) is 15.5. The van der Waals surface area contributed by atoms with Crippen LogP contribution in [0.4, 0.5) is 5.69 Å². The minimum Gasteiger partial charge on any atom is -0.495 e. The lowest BCUT2D eigenvalue weighted by atomic mass is 10.3. The van der Waals surface area contributed by atoms with Crippen molar-refractivity contribution in [1.29, 1.82) is 0 Å². The molecule has 0 spiro atoms. The highest BCUT2D eigenvalue weighted by atomic mass is 35.5. The number of hydrogen-bond donors (Lipinski definition) is 1. The van der Waals surface area contributed by atoms with Crippen LogP contribution in [-0.2, 0) is 11.4 Å². The topological polar surface area (TPSA) is 86.5 Å². The van der Waals surface area contributed by atoms with Gasteiger partial charge in [0.1, 0.15) is 11.5 Å². The van der Waals surface area contributed by atoms with Crippen molar-refractivity contribution >= 4 is 46.6 Å². The first kappa shape index (κ1) is 21.3. The van der Waals surface area contributed by atoms with Crippen molar-refractivity contribution in [3.05, 3.63) is 58.4 Å². The molecule has 0 bridgehead atoms. The van der Waals surface area contributed by atoms with Gasteiger partial charge in [-0.05, 0) is 37.3 Å². The number of carbonyl (C=O) groups excluding carboxylic acids is 1. The maximum atomic E-state index is 12.5. The molecule has 1 aromatic heterocycles. The van der Waals surface area contributed by atoms with E-state index in [0.29, 0.717) is 27.2 Å². The third kappa shape index (κ3) is 5.79. The van der Waals surface area contributed by atoms with E-state index < -0.39 is 5.25 Å². The van der Waals surface area contributed by atoms with E-state index in [1.54, 1.807) is 37.3 Å². The molecule has 0 saturated heterocycles. The predicted molar refractivity (Wildman–Crippen MR) is 112 cm³/mol. The van der Waals surface area contributed by atoms with E-state index in [2.05, 4.69) is 15.5 Å². The lowest BCUT2D eigenvalue weighted by Crippen LogP contribution is -2.22. The molecule has 29 heavy (non-hydrogen) atoms. The van der Waals surface area contributed by atoms with E-state index in [-0.39, 0.29) is 23.6 Å². The minimum absolute atomic E-state index is 0.0670. The fourth-order valence-corrected chi connectivity index (χ4v) is 3.33. The Bertz CT molecular complexity index is 999. The average molecular weight is 454 g/mol. The first-order valence-electron chi connectivity index (χ1n) is 8.47. The number of carbonyl (C=O) groups is 1. The van der Waals surface area contributed by atoms with Crippen LogP contribution in [-0.4, -0.2) is 28.5 Å². The Hall–Kier alpha value is -2.42. The summed E-state index contributed by atoms with van der Waals surface area (Å²) in [6.45, 7) is 1.79. The largest absolute Gasteiger partial charge is 0.495 e. The van der Waals surface area contributed by atoms with Crippen LogP contribution in [0.15, 0.2) is 52.1 Å². The van der Waals surface area contributed by atoms with Gasteiger partial charge in [-0.15, -0.1) is 10.2 Å². The second-order valence-electron chi connectivity index (χ2n) is 5.77. The van der Waals surface area contributed by atoms with E-state index in [4.69, 9.17) is 37.1 Å². The number of thioether (sulfide) groups is 1. The van der Waals surface area contributed by atoms with Gasteiger partial charge < -0.3 is 19.2 Å². The van der Waals surface area contributed by atoms with Gasteiger partial charge in [0.25, 0.3) is 11.1 Å². The normalized spacial score (nSPS) is 11.7.